The summed E-state index contributed by atoms with van der Waals surface area (Å²) in [5.41, 5.74) is 0.347. The van der Waals surface area contributed by atoms with Crippen LogP contribution in [0.15, 0.2) is 46.4 Å². The fraction of sp³-hybridized carbons (Fsp3) is 0.250. The molecule has 1 atom stereocenters. The maximum Gasteiger partial charge on any atom is 0.269 e. The molecule has 0 saturated heterocycles. The molecule has 5 heteroatoms. The van der Waals surface area contributed by atoms with Crippen LogP contribution in [0.4, 0.5) is 0 Å². The molecule has 0 spiro atoms. The van der Waals surface area contributed by atoms with E-state index in [0.717, 1.165) is 0 Å². The lowest BCUT2D eigenvalue weighted by molar-refractivity contribution is -0.117. The van der Waals surface area contributed by atoms with E-state index < -0.39 is 6.02 Å². The fourth-order valence-corrected chi connectivity index (χ4v) is 1.48. The monoisotopic (exact) mass is 231 g/mol. The molecule has 17 heavy (non-hydrogen) atoms. The van der Waals surface area contributed by atoms with Gasteiger partial charge in [0.15, 0.2) is 0 Å². The second-order valence-corrected chi connectivity index (χ2v) is 3.47. The first-order chi connectivity index (χ1) is 8.65. The van der Waals surface area contributed by atoms with Crippen LogP contribution in [0, 0.1) is 0 Å². The molecule has 0 radical (unpaired) electrons. The number of hydrogen-bond donors (Lipinski definition) is 1. The van der Waals surface area contributed by atoms with E-state index >= 15 is 0 Å². The van der Waals surface area contributed by atoms with E-state index in [1.165, 1.54) is 6.21 Å². The standard InChI is InChI=1S/C12H14N4O/c1-13-12(17)11-4-3-10(9-15-11)16-7-2-5-14-6-8-16/h2,4-10H,3H2,1H3,(H,13,17)/i10D. The van der Waals surface area contributed by atoms with E-state index in [4.69, 9.17) is 1.37 Å². The lowest BCUT2D eigenvalue weighted by Crippen LogP contribution is -2.30. The number of carbonyl (C=O) groups excluding carboxylic acids is 1. The van der Waals surface area contributed by atoms with Crippen molar-refractivity contribution in [3.05, 3.63) is 36.4 Å². The van der Waals surface area contributed by atoms with Crippen molar-refractivity contribution in [2.24, 2.45) is 9.98 Å². The molecule has 0 fully saturated rings. The van der Waals surface area contributed by atoms with Crippen molar-refractivity contribution in [3.8, 4) is 0 Å². The lowest BCUT2D eigenvalue weighted by Gasteiger charge is -2.24. The van der Waals surface area contributed by atoms with Gasteiger partial charge in [0.2, 0.25) is 0 Å². The van der Waals surface area contributed by atoms with Gasteiger partial charge in [-0.05, 0) is 12.5 Å². The van der Waals surface area contributed by atoms with Crippen molar-refractivity contribution in [2.75, 3.05) is 7.05 Å². The van der Waals surface area contributed by atoms with E-state index in [2.05, 4.69) is 15.3 Å². The van der Waals surface area contributed by atoms with Crippen molar-refractivity contribution in [1.82, 2.24) is 10.2 Å². The molecule has 1 amide bonds. The number of amides is 1. The van der Waals surface area contributed by atoms with E-state index in [0.29, 0.717) is 12.1 Å². The van der Waals surface area contributed by atoms with Gasteiger partial charge in [0.1, 0.15) is 5.70 Å². The van der Waals surface area contributed by atoms with Crippen molar-refractivity contribution < 1.29 is 6.17 Å². The summed E-state index contributed by atoms with van der Waals surface area (Å²) in [7, 11) is 1.55. The van der Waals surface area contributed by atoms with Gasteiger partial charge in [-0.15, -0.1) is 0 Å². The zero-order valence-electron chi connectivity index (χ0n) is 10.5. The summed E-state index contributed by atoms with van der Waals surface area (Å²) in [5.74, 6) is -0.237. The Balaban J connectivity index is 2.15. The minimum absolute atomic E-state index is 0.237. The largest absolute Gasteiger partial charge is 0.354 e. The number of rotatable bonds is 2. The molecule has 2 aliphatic rings. The Bertz CT molecular complexity index is 476. The summed E-state index contributed by atoms with van der Waals surface area (Å²) in [6.07, 6.45) is 12.0. The zero-order valence-corrected chi connectivity index (χ0v) is 9.50. The third-order valence-corrected chi connectivity index (χ3v) is 2.38. The highest BCUT2D eigenvalue weighted by Gasteiger charge is 2.16. The van der Waals surface area contributed by atoms with Crippen LogP contribution in [-0.4, -0.2) is 36.3 Å². The molecule has 5 nitrogen and oxygen atoms in total. The van der Waals surface area contributed by atoms with Gasteiger partial charge in [-0.1, -0.05) is 6.08 Å². The summed E-state index contributed by atoms with van der Waals surface area (Å²) >= 11 is 0. The van der Waals surface area contributed by atoms with Crippen LogP contribution in [0.5, 0.6) is 0 Å². The summed E-state index contributed by atoms with van der Waals surface area (Å²) in [4.78, 5) is 21.1. The second-order valence-electron chi connectivity index (χ2n) is 3.47. The first kappa shape index (κ1) is 10.0. The quantitative estimate of drug-likeness (QED) is 0.765. The van der Waals surface area contributed by atoms with Gasteiger partial charge in [-0.25, -0.2) is 0 Å². The molecule has 0 aromatic rings. The average molecular weight is 231 g/mol. The molecule has 88 valence electrons. The number of allylic oxidation sites excluding steroid dienone is 1. The first-order valence-electron chi connectivity index (χ1n) is 5.78. The second kappa shape index (κ2) is 5.25. The molecule has 0 aromatic heterocycles. The summed E-state index contributed by atoms with van der Waals surface area (Å²) in [5, 5.41) is 2.51. The van der Waals surface area contributed by atoms with Crippen molar-refractivity contribution >= 4 is 18.3 Å². The van der Waals surface area contributed by atoms with Crippen LogP contribution in [0.3, 0.4) is 0 Å². The molecule has 2 rings (SSSR count). The number of aliphatic imine (C=N–C) groups is 2. The Labute approximate surface area is 101 Å². The maximum absolute atomic E-state index is 11.4. The van der Waals surface area contributed by atoms with E-state index in [1.54, 1.807) is 48.9 Å². The van der Waals surface area contributed by atoms with Crippen LogP contribution >= 0.6 is 0 Å². The Morgan fingerprint density at radius 1 is 1.65 bits per heavy atom. The molecular weight excluding hydrogens is 216 g/mol. The van der Waals surface area contributed by atoms with Crippen LogP contribution in [-0.2, 0) is 4.79 Å². The minimum Gasteiger partial charge on any atom is -0.354 e. The molecule has 0 aliphatic carbocycles. The third kappa shape index (κ3) is 2.69. The third-order valence-electron chi connectivity index (χ3n) is 2.38. The normalized spacial score (nSPS) is 27.5. The van der Waals surface area contributed by atoms with Crippen LogP contribution in [0.2, 0.25) is 0 Å². The Kier molecular flexibility index (Phi) is 3.09. The molecule has 1 unspecified atom stereocenters. The van der Waals surface area contributed by atoms with Gasteiger partial charge < -0.3 is 10.2 Å². The molecule has 0 aromatic carbocycles. The number of nitrogens with zero attached hydrogens (tertiary/aromatic N) is 3. The minimum atomic E-state index is -1.02. The number of nitrogens with one attached hydrogen (secondary N) is 1. The van der Waals surface area contributed by atoms with Crippen LogP contribution in [0.25, 0.3) is 0 Å². The van der Waals surface area contributed by atoms with Gasteiger partial charge in [-0.2, -0.15) is 0 Å². The molecule has 0 saturated carbocycles. The molecule has 1 N–H and O–H groups in total. The van der Waals surface area contributed by atoms with E-state index in [1.807, 2.05) is 0 Å². The predicted molar refractivity (Wildman–Crippen MR) is 67.7 cm³/mol. The predicted octanol–water partition coefficient (Wildman–Crippen LogP) is 0.831. The van der Waals surface area contributed by atoms with Gasteiger partial charge in [0.25, 0.3) is 5.91 Å². The molecule has 2 heterocycles. The summed E-state index contributed by atoms with van der Waals surface area (Å²) < 4.78 is 8.34. The highest BCUT2D eigenvalue weighted by Crippen LogP contribution is 2.14. The maximum atomic E-state index is 11.4. The fourth-order valence-electron chi connectivity index (χ4n) is 1.48. The first-order valence-corrected chi connectivity index (χ1v) is 5.28. The molecule has 2 aliphatic heterocycles. The van der Waals surface area contributed by atoms with Gasteiger partial charge in [0.05, 0.1) is 7.39 Å². The average Bonchev–Trinajstić information content (AvgIpc) is 2.68. The Morgan fingerprint density at radius 2 is 2.53 bits per heavy atom. The van der Waals surface area contributed by atoms with Crippen LogP contribution in [0.1, 0.15) is 7.79 Å². The van der Waals surface area contributed by atoms with Crippen molar-refractivity contribution in [1.29, 1.82) is 0 Å². The number of likely N-dealkylation sites (N-methyl/N-ethyl adjacent to an activating group) is 1. The number of carbonyl (C=O) groups is 1. The summed E-state index contributed by atoms with van der Waals surface area (Å²) in [6, 6.07) is -1.02. The SMILES string of the molecule is [2H]C1(N2C=CC=NC=C2)C=NC(C(=O)NC)=CC1. The zero-order chi connectivity index (χ0) is 13.0. The highest BCUT2D eigenvalue weighted by molar-refractivity contribution is 5.95. The van der Waals surface area contributed by atoms with Crippen molar-refractivity contribution in [3.63, 3.8) is 0 Å². The smallest absolute Gasteiger partial charge is 0.269 e. The van der Waals surface area contributed by atoms with Gasteiger partial charge in [0, 0.05) is 38.1 Å². The van der Waals surface area contributed by atoms with E-state index in [9.17, 15) is 4.79 Å². The highest BCUT2D eigenvalue weighted by atomic mass is 16.1. The Hall–Kier alpha value is -2.17. The molecular formula is C12H14N4O. The van der Waals surface area contributed by atoms with Crippen molar-refractivity contribution in [2.45, 2.75) is 12.4 Å². The van der Waals surface area contributed by atoms with Gasteiger partial charge >= 0.3 is 0 Å². The lowest BCUT2D eigenvalue weighted by atomic mass is 10.1. The topological polar surface area (TPSA) is 57.1 Å². The number of hydrogen-bond acceptors (Lipinski definition) is 4. The molecule has 0 bridgehead atoms. The van der Waals surface area contributed by atoms with E-state index in [-0.39, 0.29) is 5.91 Å². The van der Waals surface area contributed by atoms with Crippen LogP contribution < -0.4 is 5.32 Å². The summed E-state index contributed by atoms with van der Waals surface area (Å²) in [6.45, 7) is 0. The Morgan fingerprint density at radius 3 is 3.24 bits per heavy atom. The van der Waals surface area contributed by atoms with Gasteiger partial charge in [-0.3, -0.25) is 14.8 Å².